The smallest absolute Gasteiger partial charge is 0.299 e. The Balaban J connectivity index is 1.73. The Kier molecular flexibility index (Phi) is 4.10. The summed E-state index contributed by atoms with van der Waals surface area (Å²) in [6.07, 6.45) is 3.49. The first-order valence-corrected chi connectivity index (χ1v) is 9.20. The molecule has 1 fully saturated rings. The molecular formula is C15H21N3O3S. The number of hydrogen-bond acceptors (Lipinski definition) is 3. The lowest BCUT2D eigenvalue weighted by molar-refractivity contribution is -0.119. The van der Waals surface area contributed by atoms with Crippen LogP contribution in [0.4, 0.5) is 11.4 Å². The van der Waals surface area contributed by atoms with Gasteiger partial charge in [-0.15, -0.1) is 0 Å². The van der Waals surface area contributed by atoms with Gasteiger partial charge >= 0.3 is 0 Å². The maximum Gasteiger partial charge on any atom is 0.299 e. The van der Waals surface area contributed by atoms with Crippen LogP contribution in [0, 0.1) is 5.92 Å². The molecule has 120 valence electrons. The number of nitrogens with zero attached hydrogens (tertiary/aromatic N) is 1. The molecule has 1 aromatic carbocycles. The Hall–Kier alpha value is -1.60. The number of anilines is 2. The summed E-state index contributed by atoms with van der Waals surface area (Å²) < 4.78 is 28.7. The molecule has 1 saturated carbocycles. The van der Waals surface area contributed by atoms with Crippen LogP contribution in [0.3, 0.4) is 0 Å². The van der Waals surface area contributed by atoms with Gasteiger partial charge in [0.1, 0.15) is 0 Å². The summed E-state index contributed by atoms with van der Waals surface area (Å²) in [6, 6.07) is 5.36. The van der Waals surface area contributed by atoms with Gasteiger partial charge in [-0.05, 0) is 49.4 Å². The van der Waals surface area contributed by atoms with Gasteiger partial charge in [-0.2, -0.15) is 13.1 Å². The van der Waals surface area contributed by atoms with Crippen molar-refractivity contribution in [1.29, 1.82) is 0 Å². The van der Waals surface area contributed by atoms with Crippen LogP contribution in [-0.4, -0.2) is 27.4 Å². The SMILES string of the molecule is CCCNS(=O)(=O)Nc1ccc2c(c1)CCN2C(=O)C1CC1. The number of fused-ring (bicyclic) bond motifs is 1. The molecule has 6 nitrogen and oxygen atoms in total. The molecule has 1 aliphatic heterocycles. The quantitative estimate of drug-likeness (QED) is 0.835. The number of hydrogen-bond donors (Lipinski definition) is 2. The summed E-state index contributed by atoms with van der Waals surface area (Å²) in [5.74, 6) is 0.402. The minimum Gasteiger partial charge on any atom is -0.312 e. The van der Waals surface area contributed by atoms with Gasteiger partial charge in [-0.25, -0.2) is 0 Å². The van der Waals surface area contributed by atoms with Gasteiger partial charge in [0.05, 0.1) is 5.69 Å². The Bertz CT molecular complexity index is 683. The second kappa shape index (κ2) is 5.89. The maximum absolute atomic E-state index is 12.2. The van der Waals surface area contributed by atoms with Gasteiger partial charge < -0.3 is 4.90 Å². The third-order valence-electron chi connectivity index (χ3n) is 3.96. The fourth-order valence-electron chi connectivity index (χ4n) is 2.67. The van der Waals surface area contributed by atoms with Crippen LogP contribution in [-0.2, 0) is 21.4 Å². The van der Waals surface area contributed by atoms with E-state index >= 15 is 0 Å². The third-order valence-corrected chi connectivity index (χ3v) is 5.05. The Morgan fingerprint density at radius 2 is 2.14 bits per heavy atom. The lowest BCUT2D eigenvalue weighted by atomic mass is 10.1. The van der Waals surface area contributed by atoms with Crippen LogP contribution in [0.25, 0.3) is 0 Å². The van der Waals surface area contributed by atoms with Gasteiger partial charge in [0, 0.05) is 24.7 Å². The van der Waals surface area contributed by atoms with E-state index in [2.05, 4.69) is 9.44 Å². The van der Waals surface area contributed by atoms with E-state index in [-0.39, 0.29) is 11.8 Å². The fraction of sp³-hybridized carbons (Fsp3) is 0.533. The molecule has 0 spiro atoms. The molecule has 0 aromatic heterocycles. The minimum atomic E-state index is -3.53. The number of nitrogens with one attached hydrogen (secondary N) is 2. The van der Waals surface area contributed by atoms with E-state index in [1.54, 1.807) is 6.07 Å². The third kappa shape index (κ3) is 3.25. The van der Waals surface area contributed by atoms with E-state index in [1.807, 2.05) is 24.0 Å². The second-order valence-electron chi connectivity index (χ2n) is 5.86. The van der Waals surface area contributed by atoms with Crippen molar-refractivity contribution >= 4 is 27.5 Å². The van der Waals surface area contributed by atoms with Crippen molar-refractivity contribution in [2.24, 2.45) is 5.92 Å². The number of amides is 1. The summed E-state index contributed by atoms with van der Waals surface area (Å²) in [4.78, 5) is 14.0. The first kappa shape index (κ1) is 15.3. The molecule has 1 heterocycles. The zero-order chi connectivity index (χ0) is 15.7. The topological polar surface area (TPSA) is 78.5 Å². The van der Waals surface area contributed by atoms with E-state index < -0.39 is 10.2 Å². The first-order chi connectivity index (χ1) is 10.5. The van der Waals surface area contributed by atoms with Crippen LogP contribution in [0.2, 0.25) is 0 Å². The van der Waals surface area contributed by atoms with Crippen LogP contribution < -0.4 is 14.3 Å². The number of carbonyl (C=O) groups excluding carboxylic acids is 1. The molecule has 1 amide bonds. The van der Waals surface area contributed by atoms with Gasteiger partial charge in [0.2, 0.25) is 5.91 Å². The summed E-state index contributed by atoms with van der Waals surface area (Å²) in [7, 11) is -3.53. The van der Waals surface area contributed by atoms with Crippen molar-refractivity contribution in [2.45, 2.75) is 32.6 Å². The maximum atomic E-state index is 12.2. The fourth-order valence-corrected chi connectivity index (χ4v) is 3.65. The minimum absolute atomic E-state index is 0.197. The predicted molar refractivity (Wildman–Crippen MR) is 86.1 cm³/mol. The Morgan fingerprint density at radius 3 is 2.82 bits per heavy atom. The summed E-state index contributed by atoms with van der Waals surface area (Å²) in [5.41, 5.74) is 2.47. The summed E-state index contributed by atoms with van der Waals surface area (Å²) in [6.45, 7) is 3.00. The summed E-state index contributed by atoms with van der Waals surface area (Å²) in [5, 5.41) is 0. The molecule has 7 heteroatoms. The van der Waals surface area contributed by atoms with Crippen molar-refractivity contribution in [3.8, 4) is 0 Å². The Labute approximate surface area is 131 Å². The molecular weight excluding hydrogens is 302 g/mol. The van der Waals surface area contributed by atoms with E-state index in [4.69, 9.17) is 0 Å². The van der Waals surface area contributed by atoms with E-state index in [0.29, 0.717) is 18.8 Å². The standard InChI is InChI=1S/C15H21N3O3S/c1-2-8-16-22(20,21)17-13-5-6-14-12(10-13)7-9-18(14)15(19)11-3-4-11/h5-6,10-11,16-17H,2-4,7-9H2,1H3. The normalized spacial score (nSPS) is 17.4. The van der Waals surface area contributed by atoms with Crippen LogP contribution in [0.5, 0.6) is 0 Å². The first-order valence-electron chi connectivity index (χ1n) is 7.72. The molecule has 0 atom stereocenters. The predicted octanol–water partition coefficient (Wildman–Crippen LogP) is 1.64. The van der Waals surface area contributed by atoms with E-state index in [0.717, 1.165) is 36.9 Å². The highest BCUT2D eigenvalue weighted by atomic mass is 32.2. The highest BCUT2D eigenvalue weighted by molar-refractivity contribution is 7.90. The van der Waals surface area contributed by atoms with Crippen molar-refractivity contribution in [2.75, 3.05) is 22.7 Å². The highest BCUT2D eigenvalue weighted by Gasteiger charge is 2.36. The van der Waals surface area contributed by atoms with Crippen LogP contribution >= 0.6 is 0 Å². The molecule has 0 radical (unpaired) electrons. The number of carbonyl (C=O) groups is 1. The zero-order valence-electron chi connectivity index (χ0n) is 12.6. The van der Waals surface area contributed by atoms with E-state index in [9.17, 15) is 13.2 Å². The van der Waals surface area contributed by atoms with Gasteiger partial charge in [-0.1, -0.05) is 6.92 Å². The molecule has 1 aliphatic carbocycles. The van der Waals surface area contributed by atoms with Crippen molar-refractivity contribution in [3.63, 3.8) is 0 Å². The van der Waals surface area contributed by atoms with Crippen LogP contribution in [0.1, 0.15) is 31.7 Å². The molecule has 1 aromatic rings. The van der Waals surface area contributed by atoms with Crippen molar-refractivity contribution in [3.05, 3.63) is 23.8 Å². The largest absolute Gasteiger partial charge is 0.312 e. The number of benzene rings is 1. The lowest BCUT2D eigenvalue weighted by Crippen LogP contribution is -2.31. The molecule has 3 rings (SSSR count). The molecule has 2 aliphatic rings. The average Bonchev–Trinajstić information content (AvgIpc) is 3.24. The molecule has 0 saturated heterocycles. The molecule has 2 N–H and O–H groups in total. The summed E-state index contributed by atoms with van der Waals surface area (Å²) >= 11 is 0. The average molecular weight is 323 g/mol. The molecule has 0 unspecified atom stereocenters. The second-order valence-corrected chi connectivity index (χ2v) is 7.36. The van der Waals surface area contributed by atoms with Gasteiger partial charge in [-0.3, -0.25) is 9.52 Å². The number of rotatable bonds is 6. The van der Waals surface area contributed by atoms with Crippen molar-refractivity contribution < 1.29 is 13.2 Å². The van der Waals surface area contributed by atoms with Gasteiger partial charge in [0.15, 0.2) is 0 Å². The monoisotopic (exact) mass is 323 g/mol. The highest BCUT2D eigenvalue weighted by Crippen LogP contribution is 2.37. The Morgan fingerprint density at radius 1 is 1.36 bits per heavy atom. The molecule has 0 bridgehead atoms. The lowest BCUT2D eigenvalue weighted by Gasteiger charge is -2.17. The van der Waals surface area contributed by atoms with Crippen molar-refractivity contribution in [1.82, 2.24) is 4.72 Å². The van der Waals surface area contributed by atoms with E-state index in [1.165, 1.54) is 0 Å². The molecule has 22 heavy (non-hydrogen) atoms. The van der Waals surface area contributed by atoms with Gasteiger partial charge in [0.25, 0.3) is 10.2 Å². The zero-order valence-corrected chi connectivity index (χ0v) is 13.4. The van der Waals surface area contributed by atoms with Crippen LogP contribution in [0.15, 0.2) is 18.2 Å².